The van der Waals surface area contributed by atoms with Gasteiger partial charge in [0.15, 0.2) is 5.82 Å². The van der Waals surface area contributed by atoms with E-state index in [1.165, 1.54) is 44.5 Å². The summed E-state index contributed by atoms with van der Waals surface area (Å²) in [5, 5.41) is 9.68. The van der Waals surface area contributed by atoms with Gasteiger partial charge in [-0.2, -0.15) is 0 Å². The third-order valence-corrected chi connectivity index (χ3v) is 10.1. The van der Waals surface area contributed by atoms with E-state index < -0.39 is 0 Å². The van der Waals surface area contributed by atoms with Crippen molar-refractivity contribution in [2.45, 2.75) is 98.3 Å². The maximum atomic E-state index is 4.87. The lowest BCUT2D eigenvalue weighted by Crippen LogP contribution is -2.10. The number of rotatable bonds is 8. The minimum Gasteiger partial charge on any atom is -0.278 e. The summed E-state index contributed by atoms with van der Waals surface area (Å²) < 4.78 is 2.30. The fraction of sp³-hybridized carbons (Fsp3) is 0.319. The highest BCUT2D eigenvalue weighted by molar-refractivity contribution is 5.82. The van der Waals surface area contributed by atoms with E-state index in [1.54, 1.807) is 0 Å². The standard InChI is InChI=1S/C47H53N3/c1-11-32(4)44-48-49-45(50(44)43-18-13-12-17-42(43)31(2)3)36-16-14-15-35(27-36)39-29-37(33-19-23-40(24-20-33)46(5,6)7)28-38(30-39)34-21-25-41(26-22-34)47(8,9)10/h12-32H,11H2,1-10H3. The van der Waals surface area contributed by atoms with Crippen LogP contribution in [0.3, 0.4) is 0 Å². The molecule has 1 aromatic heterocycles. The second kappa shape index (κ2) is 13.9. The lowest BCUT2D eigenvalue weighted by Gasteiger charge is -2.20. The van der Waals surface area contributed by atoms with Gasteiger partial charge in [-0.3, -0.25) is 4.57 Å². The molecule has 0 fully saturated rings. The summed E-state index contributed by atoms with van der Waals surface area (Å²) in [6.45, 7) is 22.6. The Labute approximate surface area is 300 Å². The molecule has 256 valence electrons. The van der Waals surface area contributed by atoms with Crippen LogP contribution < -0.4 is 0 Å². The molecule has 1 atom stereocenters. The topological polar surface area (TPSA) is 30.7 Å². The fourth-order valence-corrected chi connectivity index (χ4v) is 6.69. The number of benzene rings is 5. The Bertz CT molecular complexity index is 2010. The molecule has 0 amide bonds. The van der Waals surface area contributed by atoms with Crippen LogP contribution in [0.2, 0.25) is 0 Å². The van der Waals surface area contributed by atoms with Gasteiger partial charge in [0.1, 0.15) is 5.82 Å². The van der Waals surface area contributed by atoms with Crippen LogP contribution in [0, 0.1) is 0 Å². The van der Waals surface area contributed by atoms with Crippen LogP contribution in [-0.2, 0) is 10.8 Å². The van der Waals surface area contributed by atoms with E-state index >= 15 is 0 Å². The molecular formula is C47H53N3. The van der Waals surface area contributed by atoms with Crippen molar-refractivity contribution < 1.29 is 0 Å². The molecule has 0 saturated carbocycles. The summed E-state index contributed by atoms with van der Waals surface area (Å²) in [7, 11) is 0. The molecule has 0 bridgehead atoms. The third kappa shape index (κ3) is 7.24. The van der Waals surface area contributed by atoms with Gasteiger partial charge < -0.3 is 0 Å². The Hall–Kier alpha value is -4.76. The summed E-state index contributed by atoms with van der Waals surface area (Å²) in [5.41, 5.74) is 13.6. The Morgan fingerprint density at radius 2 is 1.00 bits per heavy atom. The molecule has 0 saturated heterocycles. The zero-order valence-electron chi connectivity index (χ0n) is 31.7. The van der Waals surface area contributed by atoms with Crippen LogP contribution in [0.15, 0.2) is 115 Å². The van der Waals surface area contributed by atoms with E-state index in [9.17, 15) is 0 Å². The maximum Gasteiger partial charge on any atom is 0.168 e. The first-order valence-electron chi connectivity index (χ1n) is 18.3. The van der Waals surface area contributed by atoms with E-state index in [1.807, 2.05) is 0 Å². The van der Waals surface area contributed by atoms with Crippen molar-refractivity contribution in [3.8, 4) is 50.5 Å². The maximum absolute atomic E-state index is 4.87. The number of aromatic nitrogens is 3. The number of hydrogen-bond donors (Lipinski definition) is 0. The highest BCUT2D eigenvalue weighted by atomic mass is 15.3. The van der Waals surface area contributed by atoms with Crippen LogP contribution >= 0.6 is 0 Å². The summed E-state index contributed by atoms with van der Waals surface area (Å²) in [5.74, 6) is 2.52. The molecule has 0 spiro atoms. The zero-order chi connectivity index (χ0) is 35.8. The predicted octanol–water partition coefficient (Wildman–Crippen LogP) is 13.2. The normalized spacial score (nSPS) is 12.8. The lowest BCUT2D eigenvalue weighted by molar-refractivity contribution is 0.590. The Morgan fingerprint density at radius 3 is 1.50 bits per heavy atom. The van der Waals surface area contributed by atoms with Gasteiger partial charge in [-0.05, 0) is 104 Å². The molecule has 0 radical (unpaired) electrons. The van der Waals surface area contributed by atoms with Crippen molar-refractivity contribution in [3.63, 3.8) is 0 Å². The van der Waals surface area contributed by atoms with E-state index in [-0.39, 0.29) is 16.7 Å². The molecule has 6 aromatic rings. The number of nitrogens with zero attached hydrogens (tertiary/aromatic N) is 3. The van der Waals surface area contributed by atoms with Crippen molar-refractivity contribution in [1.29, 1.82) is 0 Å². The van der Waals surface area contributed by atoms with Crippen molar-refractivity contribution in [1.82, 2.24) is 14.8 Å². The molecule has 50 heavy (non-hydrogen) atoms. The van der Waals surface area contributed by atoms with Crippen LogP contribution in [0.1, 0.15) is 110 Å². The monoisotopic (exact) mass is 659 g/mol. The van der Waals surface area contributed by atoms with Gasteiger partial charge in [0.05, 0.1) is 5.69 Å². The van der Waals surface area contributed by atoms with Crippen molar-refractivity contribution in [2.75, 3.05) is 0 Å². The van der Waals surface area contributed by atoms with E-state index in [2.05, 4.69) is 189 Å². The summed E-state index contributed by atoms with van der Waals surface area (Å²) >= 11 is 0. The van der Waals surface area contributed by atoms with Gasteiger partial charge in [0.25, 0.3) is 0 Å². The Balaban J connectivity index is 1.51. The quantitative estimate of drug-likeness (QED) is 0.163. The van der Waals surface area contributed by atoms with Crippen LogP contribution in [-0.4, -0.2) is 14.8 Å². The highest BCUT2D eigenvalue weighted by Gasteiger charge is 2.22. The second-order valence-electron chi connectivity index (χ2n) is 16.3. The van der Waals surface area contributed by atoms with Gasteiger partial charge in [-0.25, -0.2) is 0 Å². The van der Waals surface area contributed by atoms with Gasteiger partial charge >= 0.3 is 0 Å². The third-order valence-electron chi connectivity index (χ3n) is 10.1. The van der Waals surface area contributed by atoms with Gasteiger partial charge in [-0.15, -0.1) is 10.2 Å². The minimum atomic E-state index is 0.103. The molecule has 3 nitrogen and oxygen atoms in total. The smallest absolute Gasteiger partial charge is 0.168 e. The van der Waals surface area contributed by atoms with Gasteiger partial charge in [0, 0.05) is 11.5 Å². The molecule has 6 rings (SSSR count). The molecule has 3 heteroatoms. The largest absolute Gasteiger partial charge is 0.278 e. The minimum absolute atomic E-state index is 0.103. The molecule has 1 unspecified atom stereocenters. The summed E-state index contributed by atoms with van der Waals surface area (Å²) in [4.78, 5) is 0. The number of hydrogen-bond acceptors (Lipinski definition) is 2. The van der Waals surface area contributed by atoms with Crippen molar-refractivity contribution >= 4 is 0 Å². The molecule has 0 N–H and O–H groups in total. The van der Waals surface area contributed by atoms with Gasteiger partial charge in [-0.1, -0.05) is 154 Å². The first-order chi connectivity index (χ1) is 23.7. The first-order valence-corrected chi connectivity index (χ1v) is 18.3. The van der Waals surface area contributed by atoms with E-state index in [4.69, 9.17) is 10.2 Å². The summed E-state index contributed by atoms with van der Waals surface area (Å²) in [6, 6.07) is 42.7. The lowest BCUT2D eigenvalue weighted by atomic mass is 9.85. The molecule has 5 aromatic carbocycles. The summed E-state index contributed by atoms with van der Waals surface area (Å²) in [6.07, 6.45) is 0.991. The molecular weight excluding hydrogens is 607 g/mol. The van der Waals surface area contributed by atoms with Crippen LogP contribution in [0.25, 0.3) is 50.5 Å². The van der Waals surface area contributed by atoms with Crippen LogP contribution in [0.5, 0.6) is 0 Å². The van der Waals surface area contributed by atoms with E-state index in [0.717, 1.165) is 34.9 Å². The molecule has 0 aliphatic heterocycles. The zero-order valence-corrected chi connectivity index (χ0v) is 31.7. The Morgan fingerprint density at radius 1 is 0.520 bits per heavy atom. The average Bonchev–Trinajstić information content (AvgIpc) is 3.56. The highest BCUT2D eigenvalue weighted by Crippen LogP contribution is 2.37. The van der Waals surface area contributed by atoms with Crippen molar-refractivity contribution in [3.05, 3.63) is 138 Å². The van der Waals surface area contributed by atoms with Crippen LogP contribution in [0.4, 0.5) is 0 Å². The predicted molar refractivity (Wildman–Crippen MR) is 213 cm³/mol. The molecule has 1 heterocycles. The average molecular weight is 660 g/mol. The Kier molecular flexibility index (Phi) is 9.73. The SMILES string of the molecule is CCC(C)c1nnc(-c2cccc(-c3cc(-c4ccc(C(C)(C)C)cc4)cc(-c4ccc(C(C)(C)C)cc4)c3)c2)n1-c1ccccc1C(C)C. The molecule has 0 aliphatic rings. The molecule has 0 aliphatic carbocycles. The number of para-hydroxylation sites is 1. The second-order valence-corrected chi connectivity index (χ2v) is 16.3. The van der Waals surface area contributed by atoms with Crippen molar-refractivity contribution in [2.24, 2.45) is 0 Å². The van der Waals surface area contributed by atoms with E-state index in [0.29, 0.717) is 5.92 Å². The first kappa shape index (κ1) is 35.1. The van der Waals surface area contributed by atoms with Gasteiger partial charge in [0.2, 0.25) is 0 Å². The fourth-order valence-electron chi connectivity index (χ4n) is 6.69.